The summed E-state index contributed by atoms with van der Waals surface area (Å²) >= 11 is 0. The standard InChI is InChI=1S/C38H53N5O10/c1-14-37(11,12)38-19-25(28(45)40-26(29(46)50-13)27(44)23-20-41(21-39-23)31(47)51-34(2,3)4)43(33(49)53-36(8,9)10)30(38)42(32(48)52-35(5,6)7)24-18-16-15-17-22(24)38/h14-18,20-21,25-27,30,44H,1,19H2,2-13H3,(H,40,45)/t25-,26-,27+,30-,38+/m0/s1. The number of anilines is 1. The van der Waals surface area contributed by atoms with Gasteiger partial charge in [0.25, 0.3) is 0 Å². The van der Waals surface area contributed by atoms with Gasteiger partial charge in [0, 0.05) is 11.6 Å². The van der Waals surface area contributed by atoms with Gasteiger partial charge in [-0.25, -0.2) is 28.7 Å². The molecule has 53 heavy (non-hydrogen) atoms. The fraction of sp³-hybridized carbons (Fsp3) is 0.579. The molecular formula is C38H53N5O10. The molecule has 0 radical (unpaired) electrons. The number of allylic oxidation sites excluding steroid dienone is 1. The fourth-order valence-corrected chi connectivity index (χ4v) is 6.82. The van der Waals surface area contributed by atoms with Gasteiger partial charge < -0.3 is 29.4 Å². The number of carbonyl (C=O) groups excluding carboxylic acids is 5. The predicted octanol–water partition coefficient (Wildman–Crippen LogP) is 5.60. The number of fused-ring (bicyclic) bond motifs is 3. The molecule has 3 amide bonds. The number of esters is 1. The minimum Gasteiger partial charge on any atom is -0.467 e. The summed E-state index contributed by atoms with van der Waals surface area (Å²) in [6.45, 7) is 23.1. The van der Waals surface area contributed by atoms with E-state index in [0.717, 1.165) is 18.0 Å². The van der Waals surface area contributed by atoms with Gasteiger partial charge >= 0.3 is 24.2 Å². The van der Waals surface area contributed by atoms with Crippen molar-refractivity contribution in [2.24, 2.45) is 5.41 Å². The minimum atomic E-state index is -1.80. The molecule has 2 aliphatic heterocycles. The maximum absolute atomic E-state index is 14.6. The molecule has 2 aliphatic rings. The van der Waals surface area contributed by atoms with Crippen molar-refractivity contribution in [2.45, 2.75) is 129 Å². The second kappa shape index (κ2) is 14.1. The second-order valence-electron chi connectivity index (χ2n) is 16.9. The first-order valence-corrected chi connectivity index (χ1v) is 17.4. The van der Waals surface area contributed by atoms with E-state index in [4.69, 9.17) is 18.9 Å². The zero-order valence-corrected chi connectivity index (χ0v) is 32.7. The van der Waals surface area contributed by atoms with E-state index in [1.54, 1.807) is 86.6 Å². The molecule has 4 rings (SSSR count). The molecule has 0 unspecified atom stereocenters. The fourth-order valence-electron chi connectivity index (χ4n) is 6.82. The molecule has 1 fully saturated rings. The number of methoxy groups -OCH3 is 1. The zero-order valence-electron chi connectivity index (χ0n) is 32.7. The molecule has 2 N–H and O–H groups in total. The molecule has 1 saturated heterocycles. The van der Waals surface area contributed by atoms with Crippen molar-refractivity contribution >= 4 is 35.8 Å². The Kier molecular flexibility index (Phi) is 10.9. The van der Waals surface area contributed by atoms with Crippen LogP contribution in [0.2, 0.25) is 0 Å². The summed E-state index contributed by atoms with van der Waals surface area (Å²) in [7, 11) is 1.08. The molecule has 2 aromatic rings. The summed E-state index contributed by atoms with van der Waals surface area (Å²) < 4.78 is 23.1. The highest BCUT2D eigenvalue weighted by atomic mass is 16.6. The number of aliphatic hydroxyl groups is 1. The van der Waals surface area contributed by atoms with Crippen LogP contribution in [0.1, 0.15) is 99.9 Å². The van der Waals surface area contributed by atoms with Gasteiger partial charge in [-0.3, -0.25) is 14.6 Å². The summed E-state index contributed by atoms with van der Waals surface area (Å²) in [5, 5.41) is 14.0. The zero-order chi connectivity index (χ0) is 40.1. The highest BCUT2D eigenvalue weighted by Gasteiger charge is 2.70. The Labute approximate surface area is 310 Å². The highest BCUT2D eigenvalue weighted by molar-refractivity contribution is 5.97. The average molecular weight is 740 g/mol. The van der Waals surface area contributed by atoms with E-state index in [1.165, 1.54) is 16.0 Å². The number of carbonyl (C=O) groups is 5. The van der Waals surface area contributed by atoms with Crippen LogP contribution in [0.25, 0.3) is 0 Å². The number of hydrogen-bond acceptors (Lipinski definition) is 11. The van der Waals surface area contributed by atoms with Crippen LogP contribution in [0.15, 0.2) is 49.4 Å². The van der Waals surface area contributed by atoms with Gasteiger partial charge in [-0.05, 0) is 85.8 Å². The van der Waals surface area contributed by atoms with Gasteiger partial charge in [0.2, 0.25) is 5.91 Å². The van der Waals surface area contributed by atoms with Crippen LogP contribution in [-0.2, 0) is 34.0 Å². The number of imidazole rings is 1. The van der Waals surface area contributed by atoms with E-state index in [-0.39, 0.29) is 12.1 Å². The van der Waals surface area contributed by atoms with Crippen molar-refractivity contribution in [2.75, 3.05) is 12.0 Å². The summed E-state index contributed by atoms with van der Waals surface area (Å²) in [6.07, 6.45) is -1.48. The number of likely N-dealkylation sites (tertiary alicyclic amines) is 1. The molecule has 5 atom stereocenters. The Morgan fingerprint density at radius 2 is 1.45 bits per heavy atom. The van der Waals surface area contributed by atoms with Crippen molar-refractivity contribution in [3.8, 4) is 0 Å². The molecule has 0 spiro atoms. The number of nitrogens with one attached hydrogen (secondary N) is 1. The lowest BCUT2D eigenvalue weighted by atomic mass is 9.60. The number of hydrogen-bond donors (Lipinski definition) is 2. The Morgan fingerprint density at radius 3 is 2.00 bits per heavy atom. The quantitative estimate of drug-likeness (QED) is 0.205. The Balaban J connectivity index is 1.85. The predicted molar refractivity (Wildman–Crippen MR) is 194 cm³/mol. The topological polar surface area (TPSA) is 179 Å². The Hall–Kier alpha value is -4.92. The first kappa shape index (κ1) is 40.8. The molecule has 15 heteroatoms. The number of amides is 3. The number of ether oxygens (including phenoxy) is 4. The third-order valence-corrected chi connectivity index (χ3v) is 9.18. The first-order valence-electron chi connectivity index (χ1n) is 17.4. The van der Waals surface area contributed by atoms with E-state index < -0.39 is 82.1 Å². The largest absolute Gasteiger partial charge is 0.467 e. The van der Waals surface area contributed by atoms with Gasteiger partial charge in [-0.15, -0.1) is 6.58 Å². The van der Waals surface area contributed by atoms with E-state index in [9.17, 15) is 29.1 Å². The van der Waals surface area contributed by atoms with Crippen LogP contribution < -0.4 is 10.2 Å². The summed E-state index contributed by atoms with van der Waals surface area (Å²) in [6, 6.07) is 4.05. The van der Waals surface area contributed by atoms with E-state index in [1.807, 2.05) is 19.9 Å². The van der Waals surface area contributed by atoms with Gasteiger partial charge in [-0.1, -0.05) is 38.1 Å². The number of aromatic nitrogens is 2. The van der Waals surface area contributed by atoms with E-state index in [2.05, 4.69) is 16.9 Å². The van der Waals surface area contributed by atoms with Crippen LogP contribution in [0.3, 0.4) is 0 Å². The monoisotopic (exact) mass is 739 g/mol. The average Bonchev–Trinajstić information content (AvgIpc) is 3.72. The van der Waals surface area contributed by atoms with Crippen molar-refractivity contribution in [3.05, 3.63) is 60.7 Å². The lowest BCUT2D eigenvalue weighted by Crippen LogP contribution is -2.61. The number of aliphatic hydroxyl groups excluding tert-OH is 1. The number of rotatable bonds is 7. The molecule has 3 heterocycles. The van der Waals surface area contributed by atoms with Crippen LogP contribution in [0.4, 0.5) is 20.1 Å². The van der Waals surface area contributed by atoms with Crippen molar-refractivity contribution < 1.29 is 48.0 Å². The van der Waals surface area contributed by atoms with Crippen molar-refractivity contribution in [1.29, 1.82) is 0 Å². The smallest absolute Gasteiger partial charge is 0.419 e. The normalized spacial score (nSPS) is 21.2. The SMILES string of the molecule is C=CC(C)(C)[C@@]12C[C@@H](C(=O)N[C@H](C(=O)OC)[C@H](O)c3cn(C(=O)OC(C)(C)C)cn3)N(C(=O)OC(C)(C)C)[C@@H]1N(C(=O)OC(C)(C)C)c1ccccc12. The lowest BCUT2D eigenvalue weighted by molar-refractivity contribution is -0.149. The van der Waals surface area contributed by atoms with Crippen LogP contribution in [0.5, 0.6) is 0 Å². The third-order valence-electron chi connectivity index (χ3n) is 9.18. The molecule has 15 nitrogen and oxygen atoms in total. The Bertz CT molecular complexity index is 1760. The summed E-state index contributed by atoms with van der Waals surface area (Å²) in [5.74, 6) is -1.88. The van der Waals surface area contributed by atoms with E-state index >= 15 is 0 Å². The molecule has 0 saturated carbocycles. The van der Waals surface area contributed by atoms with Gasteiger partial charge in [0.1, 0.15) is 41.4 Å². The molecule has 1 aromatic heterocycles. The van der Waals surface area contributed by atoms with Gasteiger partial charge in [0.05, 0.1) is 18.5 Å². The van der Waals surface area contributed by atoms with Gasteiger partial charge in [0.15, 0.2) is 6.04 Å². The van der Waals surface area contributed by atoms with Crippen LogP contribution in [0, 0.1) is 5.41 Å². The highest BCUT2D eigenvalue weighted by Crippen LogP contribution is 2.62. The number of para-hydroxylation sites is 1. The van der Waals surface area contributed by atoms with Gasteiger partial charge in [-0.2, -0.15) is 0 Å². The van der Waals surface area contributed by atoms with E-state index in [0.29, 0.717) is 11.3 Å². The molecule has 1 aromatic carbocycles. The third kappa shape index (κ3) is 8.04. The molecule has 0 bridgehead atoms. The van der Waals surface area contributed by atoms with Crippen molar-refractivity contribution in [1.82, 2.24) is 19.8 Å². The molecule has 0 aliphatic carbocycles. The maximum atomic E-state index is 14.6. The van der Waals surface area contributed by atoms with Crippen LogP contribution >= 0.6 is 0 Å². The summed E-state index contributed by atoms with van der Waals surface area (Å²) in [5.41, 5.74) is -3.79. The molecular weight excluding hydrogens is 686 g/mol. The van der Waals surface area contributed by atoms with Crippen LogP contribution in [-0.4, -0.2) is 91.9 Å². The minimum absolute atomic E-state index is 0.0602. The number of benzene rings is 1. The van der Waals surface area contributed by atoms with Crippen molar-refractivity contribution in [3.63, 3.8) is 0 Å². The second-order valence-corrected chi connectivity index (χ2v) is 16.9. The summed E-state index contributed by atoms with van der Waals surface area (Å²) in [4.78, 5) is 75.7. The maximum Gasteiger partial charge on any atom is 0.419 e. The Morgan fingerprint density at radius 1 is 0.906 bits per heavy atom. The number of nitrogens with zero attached hydrogens (tertiary/aromatic N) is 4. The molecule has 290 valence electrons. The lowest BCUT2D eigenvalue weighted by Gasteiger charge is -2.45. The first-order chi connectivity index (χ1) is 24.3.